The number of benzene rings is 1. The monoisotopic (exact) mass is 324 g/mol. The van der Waals surface area contributed by atoms with E-state index in [1.54, 1.807) is 31.2 Å². The number of hydrogen-bond donors (Lipinski definition) is 0. The van der Waals surface area contributed by atoms with E-state index in [4.69, 9.17) is 16.3 Å². The van der Waals surface area contributed by atoms with Crippen molar-refractivity contribution < 1.29 is 23.8 Å². The zero-order chi connectivity index (χ0) is 16.5. The number of esters is 2. The molecule has 1 aromatic rings. The van der Waals surface area contributed by atoms with Gasteiger partial charge in [0.05, 0.1) is 19.2 Å². The zero-order valence-electron chi connectivity index (χ0n) is 12.6. The van der Waals surface area contributed by atoms with E-state index in [-0.39, 0.29) is 6.61 Å². The molecule has 0 saturated heterocycles. The van der Waals surface area contributed by atoms with Crippen molar-refractivity contribution in [3.05, 3.63) is 46.5 Å². The van der Waals surface area contributed by atoms with Gasteiger partial charge in [-0.3, -0.25) is 0 Å². The van der Waals surface area contributed by atoms with Crippen molar-refractivity contribution in [2.75, 3.05) is 20.8 Å². The summed E-state index contributed by atoms with van der Waals surface area (Å²) in [5.74, 6) is -0.483. The topological polar surface area (TPSA) is 61.8 Å². The molecule has 0 aliphatic heterocycles. The Morgan fingerprint density at radius 3 is 2.59 bits per heavy atom. The molecule has 0 radical (unpaired) electrons. The van der Waals surface area contributed by atoms with Crippen LogP contribution in [-0.4, -0.2) is 32.8 Å². The molecular weight excluding hydrogens is 308 g/mol. The summed E-state index contributed by atoms with van der Waals surface area (Å²) in [6.07, 6.45) is 4.39. The van der Waals surface area contributed by atoms with E-state index >= 15 is 0 Å². The second-order valence-electron chi connectivity index (χ2n) is 4.21. The van der Waals surface area contributed by atoms with Gasteiger partial charge in [0.15, 0.2) is 0 Å². The molecule has 0 heterocycles. The summed E-state index contributed by atoms with van der Waals surface area (Å²) in [7, 11) is 2.60. The first-order valence-corrected chi connectivity index (χ1v) is 6.79. The fourth-order valence-electron chi connectivity index (χ4n) is 1.59. The van der Waals surface area contributed by atoms with Gasteiger partial charge in [-0.15, -0.1) is 0 Å². The lowest BCUT2D eigenvalue weighted by Crippen LogP contribution is -2.02. The molecule has 1 aromatic carbocycles. The van der Waals surface area contributed by atoms with Crippen molar-refractivity contribution in [1.29, 1.82) is 0 Å². The molecule has 0 N–H and O–H groups in total. The van der Waals surface area contributed by atoms with Crippen LogP contribution in [-0.2, 0) is 19.1 Å². The minimum atomic E-state index is -0.468. The number of carbonyl (C=O) groups is 2. The van der Waals surface area contributed by atoms with E-state index in [0.717, 1.165) is 0 Å². The van der Waals surface area contributed by atoms with E-state index in [1.165, 1.54) is 26.4 Å². The highest BCUT2D eigenvalue weighted by Crippen LogP contribution is 2.30. The lowest BCUT2D eigenvalue weighted by Gasteiger charge is -2.10. The standard InChI is InChI=1S/C16H17ClO5/c1-11(16(19)21-3)10-12-6-4-7-13(17)15(12)22-9-5-8-14(18)20-2/h4-8,10H,9H2,1-3H3/b8-5+,11-10+. The highest BCUT2D eigenvalue weighted by Gasteiger charge is 2.09. The van der Waals surface area contributed by atoms with Gasteiger partial charge >= 0.3 is 11.9 Å². The molecular formula is C16H17ClO5. The molecule has 0 bridgehead atoms. The summed E-state index contributed by atoms with van der Waals surface area (Å²) in [5.41, 5.74) is 1.06. The first kappa shape index (κ1) is 17.8. The summed E-state index contributed by atoms with van der Waals surface area (Å²) in [4.78, 5) is 22.4. The van der Waals surface area contributed by atoms with Crippen LogP contribution in [0.2, 0.25) is 5.02 Å². The smallest absolute Gasteiger partial charge is 0.333 e. The maximum absolute atomic E-state index is 11.5. The molecule has 6 heteroatoms. The first-order valence-electron chi connectivity index (χ1n) is 6.42. The lowest BCUT2D eigenvalue weighted by atomic mass is 10.1. The van der Waals surface area contributed by atoms with Gasteiger partial charge < -0.3 is 14.2 Å². The van der Waals surface area contributed by atoms with Crippen LogP contribution in [0.4, 0.5) is 0 Å². The molecule has 0 atom stereocenters. The van der Waals surface area contributed by atoms with Crippen molar-refractivity contribution >= 4 is 29.6 Å². The van der Waals surface area contributed by atoms with Gasteiger partial charge in [0, 0.05) is 17.2 Å². The van der Waals surface area contributed by atoms with Gasteiger partial charge in [-0.1, -0.05) is 23.7 Å². The van der Waals surface area contributed by atoms with E-state index in [1.807, 2.05) is 0 Å². The summed E-state index contributed by atoms with van der Waals surface area (Å²) in [5, 5.41) is 0.401. The van der Waals surface area contributed by atoms with Gasteiger partial charge in [0.25, 0.3) is 0 Å². The van der Waals surface area contributed by atoms with Crippen molar-refractivity contribution in [2.24, 2.45) is 0 Å². The van der Waals surface area contributed by atoms with Crippen LogP contribution < -0.4 is 4.74 Å². The number of carbonyl (C=O) groups excluding carboxylic acids is 2. The van der Waals surface area contributed by atoms with Gasteiger partial charge in [0.1, 0.15) is 12.4 Å². The fraction of sp³-hybridized carbons (Fsp3) is 0.250. The van der Waals surface area contributed by atoms with Crippen LogP contribution >= 0.6 is 11.6 Å². The highest BCUT2D eigenvalue weighted by atomic mass is 35.5. The summed E-state index contributed by atoms with van der Waals surface area (Å²) >= 11 is 6.11. The minimum Gasteiger partial charge on any atom is -0.487 e. The van der Waals surface area contributed by atoms with Crippen molar-refractivity contribution in [1.82, 2.24) is 0 Å². The molecule has 0 spiro atoms. The third-order valence-electron chi connectivity index (χ3n) is 2.66. The van der Waals surface area contributed by atoms with Crippen molar-refractivity contribution in [3.63, 3.8) is 0 Å². The molecule has 0 fully saturated rings. The minimum absolute atomic E-state index is 0.136. The molecule has 0 amide bonds. The third kappa shape index (κ3) is 5.26. The molecule has 1 rings (SSSR count). The number of hydrogen-bond acceptors (Lipinski definition) is 5. The quantitative estimate of drug-likeness (QED) is 0.594. The average molecular weight is 325 g/mol. The molecule has 0 aromatic heterocycles. The normalized spacial score (nSPS) is 11.4. The van der Waals surface area contributed by atoms with Crippen molar-refractivity contribution in [3.8, 4) is 5.75 Å². The summed E-state index contributed by atoms with van der Waals surface area (Å²) in [6.45, 7) is 1.77. The molecule has 0 saturated carbocycles. The number of methoxy groups -OCH3 is 2. The Hall–Kier alpha value is -2.27. The lowest BCUT2D eigenvalue weighted by molar-refractivity contribution is -0.136. The number of rotatable bonds is 6. The Bertz CT molecular complexity index is 605. The second-order valence-corrected chi connectivity index (χ2v) is 4.62. The Morgan fingerprint density at radius 1 is 1.23 bits per heavy atom. The largest absolute Gasteiger partial charge is 0.487 e. The van der Waals surface area contributed by atoms with E-state index in [0.29, 0.717) is 21.9 Å². The Morgan fingerprint density at radius 2 is 1.95 bits per heavy atom. The van der Waals surface area contributed by atoms with Crippen LogP contribution in [0.25, 0.3) is 6.08 Å². The van der Waals surface area contributed by atoms with Crippen LogP contribution in [0.5, 0.6) is 5.75 Å². The number of para-hydroxylation sites is 1. The molecule has 0 aliphatic carbocycles. The Balaban J connectivity index is 2.93. The first-order chi connectivity index (χ1) is 10.5. The van der Waals surface area contributed by atoms with Gasteiger partial charge in [0.2, 0.25) is 0 Å². The highest BCUT2D eigenvalue weighted by molar-refractivity contribution is 6.32. The SMILES string of the molecule is COC(=O)/C=C/COc1c(Cl)cccc1/C=C(\C)C(=O)OC. The predicted octanol–water partition coefficient (Wildman–Crippen LogP) is 3.02. The van der Waals surface area contributed by atoms with Gasteiger partial charge in [-0.2, -0.15) is 0 Å². The number of ether oxygens (including phenoxy) is 3. The maximum Gasteiger partial charge on any atom is 0.333 e. The van der Waals surface area contributed by atoms with Crippen LogP contribution in [0.1, 0.15) is 12.5 Å². The zero-order valence-corrected chi connectivity index (χ0v) is 13.3. The van der Waals surface area contributed by atoms with Crippen LogP contribution in [0, 0.1) is 0 Å². The molecule has 0 unspecified atom stereocenters. The van der Waals surface area contributed by atoms with Crippen molar-refractivity contribution in [2.45, 2.75) is 6.92 Å². The summed E-state index contributed by atoms with van der Waals surface area (Å²) < 4.78 is 14.7. The predicted molar refractivity (Wildman–Crippen MR) is 83.8 cm³/mol. The molecule has 118 valence electrons. The van der Waals surface area contributed by atoms with Crippen LogP contribution in [0.3, 0.4) is 0 Å². The molecule has 22 heavy (non-hydrogen) atoms. The Labute approximate surface area is 134 Å². The Kier molecular flexibility index (Phi) is 7.19. The van der Waals surface area contributed by atoms with E-state index in [2.05, 4.69) is 9.47 Å². The molecule has 5 nitrogen and oxygen atoms in total. The average Bonchev–Trinajstić information content (AvgIpc) is 2.52. The van der Waals surface area contributed by atoms with Gasteiger partial charge in [-0.05, 0) is 25.1 Å². The maximum atomic E-state index is 11.5. The van der Waals surface area contributed by atoms with E-state index < -0.39 is 11.9 Å². The van der Waals surface area contributed by atoms with Crippen LogP contribution in [0.15, 0.2) is 35.9 Å². The third-order valence-corrected chi connectivity index (χ3v) is 2.95. The summed E-state index contributed by atoms with van der Waals surface area (Å²) in [6, 6.07) is 5.18. The fourth-order valence-corrected chi connectivity index (χ4v) is 1.82. The van der Waals surface area contributed by atoms with Gasteiger partial charge in [-0.25, -0.2) is 9.59 Å². The number of halogens is 1. The molecule has 0 aliphatic rings. The van der Waals surface area contributed by atoms with E-state index in [9.17, 15) is 9.59 Å². The second kappa shape index (κ2) is 8.89.